The molecule has 4 rings (SSSR count). The molecule has 0 fully saturated rings. The molecule has 25 heavy (non-hydrogen) atoms. The maximum absolute atomic E-state index is 4.85. The molecule has 1 unspecified atom stereocenters. The minimum atomic E-state index is 0.317. The molecular weight excluding hydrogens is 330 g/mol. The minimum Gasteiger partial charge on any atom is -0.367 e. The predicted molar refractivity (Wildman–Crippen MR) is 102 cm³/mol. The number of hydrogen-bond donors (Lipinski definition) is 2. The van der Waals surface area contributed by atoms with Crippen LogP contribution in [-0.2, 0) is 19.4 Å². The summed E-state index contributed by atoms with van der Waals surface area (Å²) in [5, 5.41) is 9.17. The van der Waals surface area contributed by atoms with Crippen LogP contribution in [0.3, 0.4) is 0 Å². The fourth-order valence-corrected chi connectivity index (χ4v) is 3.96. The lowest BCUT2D eigenvalue weighted by Crippen LogP contribution is -2.28. The zero-order chi connectivity index (χ0) is 17.1. The van der Waals surface area contributed by atoms with Crippen molar-refractivity contribution in [2.75, 3.05) is 11.9 Å². The van der Waals surface area contributed by atoms with Crippen molar-refractivity contribution in [3.8, 4) is 11.4 Å². The Bertz CT molecular complexity index is 833. The van der Waals surface area contributed by atoms with E-state index in [1.165, 1.54) is 10.4 Å². The number of fused-ring (bicyclic) bond motifs is 1. The van der Waals surface area contributed by atoms with Gasteiger partial charge in [-0.1, -0.05) is 6.07 Å². The molecule has 0 saturated heterocycles. The zero-order valence-electron chi connectivity index (χ0n) is 14.2. The Balaban J connectivity index is 1.65. The van der Waals surface area contributed by atoms with Gasteiger partial charge >= 0.3 is 0 Å². The zero-order valence-corrected chi connectivity index (χ0v) is 15.0. The van der Waals surface area contributed by atoms with Gasteiger partial charge in [-0.15, -0.1) is 11.3 Å². The topological polar surface area (TPSA) is 62.7 Å². The third kappa shape index (κ3) is 3.70. The van der Waals surface area contributed by atoms with Crippen molar-refractivity contribution in [1.29, 1.82) is 0 Å². The van der Waals surface area contributed by atoms with Crippen molar-refractivity contribution < 1.29 is 0 Å². The molecule has 1 aliphatic heterocycles. The summed E-state index contributed by atoms with van der Waals surface area (Å²) in [7, 11) is 0. The molecule has 4 heterocycles. The standard InChI is InChI=1S/C19H21N5S/c1-13(11-15-3-2-10-25-15)22-19-16-6-9-21-12-17(16)23-18(24-19)14-4-7-20-8-5-14/h2-5,7-8,10,13,21H,6,9,11-12H2,1H3,(H,22,23,24). The Morgan fingerprint density at radius 2 is 2.12 bits per heavy atom. The van der Waals surface area contributed by atoms with E-state index in [4.69, 9.17) is 9.97 Å². The van der Waals surface area contributed by atoms with E-state index in [1.807, 2.05) is 12.1 Å². The molecule has 1 atom stereocenters. The van der Waals surface area contributed by atoms with E-state index in [-0.39, 0.29) is 0 Å². The van der Waals surface area contributed by atoms with Gasteiger partial charge in [0.05, 0.1) is 5.69 Å². The SMILES string of the molecule is CC(Cc1cccs1)Nc1nc(-c2ccncc2)nc2c1CCNC2. The third-order valence-corrected chi connectivity index (χ3v) is 5.24. The first-order valence-corrected chi connectivity index (χ1v) is 9.47. The highest BCUT2D eigenvalue weighted by molar-refractivity contribution is 7.09. The molecule has 0 spiro atoms. The van der Waals surface area contributed by atoms with Crippen molar-refractivity contribution in [3.05, 3.63) is 58.2 Å². The van der Waals surface area contributed by atoms with E-state index in [0.29, 0.717) is 6.04 Å². The van der Waals surface area contributed by atoms with Gasteiger partial charge in [-0.05, 0) is 43.5 Å². The fourth-order valence-electron chi connectivity index (χ4n) is 3.12. The average molecular weight is 351 g/mol. The number of nitrogens with zero attached hydrogens (tertiary/aromatic N) is 3. The van der Waals surface area contributed by atoms with E-state index in [1.54, 1.807) is 23.7 Å². The fraction of sp³-hybridized carbons (Fsp3) is 0.316. The smallest absolute Gasteiger partial charge is 0.161 e. The van der Waals surface area contributed by atoms with Gasteiger partial charge in [0.1, 0.15) is 5.82 Å². The Hall–Kier alpha value is -2.31. The number of nitrogens with one attached hydrogen (secondary N) is 2. The summed E-state index contributed by atoms with van der Waals surface area (Å²) in [5.74, 6) is 1.73. The number of aromatic nitrogens is 3. The summed E-state index contributed by atoms with van der Waals surface area (Å²) in [5.41, 5.74) is 3.34. The first kappa shape index (κ1) is 16.2. The molecule has 0 saturated carbocycles. The quantitative estimate of drug-likeness (QED) is 0.738. The monoisotopic (exact) mass is 351 g/mol. The van der Waals surface area contributed by atoms with E-state index in [9.17, 15) is 0 Å². The molecule has 1 aliphatic rings. The van der Waals surface area contributed by atoms with Crippen LogP contribution in [0.5, 0.6) is 0 Å². The highest BCUT2D eigenvalue weighted by Crippen LogP contribution is 2.25. The first-order valence-electron chi connectivity index (χ1n) is 8.59. The van der Waals surface area contributed by atoms with Crippen LogP contribution in [-0.4, -0.2) is 27.5 Å². The lowest BCUT2D eigenvalue weighted by molar-refractivity contribution is 0.623. The Morgan fingerprint density at radius 1 is 1.24 bits per heavy atom. The molecule has 0 aromatic carbocycles. The molecule has 6 heteroatoms. The summed E-state index contributed by atoms with van der Waals surface area (Å²) >= 11 is 1.80. The van der Waals surface area contributed by atoms with Crippen LogP contribution in [0.2, 0.25) is 0 Å². The normalized spacial score (nSPS) is 14.8. The molecular formula is C19H21N5S. The first-order chi connectivity index (χ1) is 12.3. The minimum absolute atomic E-state index is 0.317. The second kappa shape index (κ2) is 7.29. The summed E-state index contributed by atoms with van der Waals surface area (Å²) < 4.78 is 0. The molecule has 2 N–H and O–H groups in total. The lowest BCUT2D eigenvalue weighted by Gasteiger charge is -2.23. The number of anilines is 1. The Labute approximate surface area is 151 Å². The van der Waals surface area contributed by atoms with Gasteiger partial charge in [0.25, 0.3) is 0 Å². The van der Waals surface area contributed by atoms with E-state index < -0.39 is 0 Å². The van der Waals surface area contributed by atoms with Crippen molar-refractivity contribution in [2.24, 2.45) is 0 Å². The largest absolute Gasteiger partial charge is 0.367 e. The molecule has 3 aromatic heterocycles. The van der Waals surface area contributed by atoms with Crippen LogP contribution in [0.1, 0.15) is 23.1 Å². The second-order valence-corrected chi connectivity index (χ2v) is 7.34. The molecule has 128 valence electrons. The summed E-state index contributed by atoms with van der Waals surface area (Å²) in [4.78, 5) is 15.1. The van der Waals surface area contributed by atoms with Gasteiger partial charge in [-0.2, -0.15) is 0 Å². The summed E-state index contributed by atoms with van der Waals surface area (Å²) in [6.45, 7) is 3.98. The van der Waals surface area contributed by atoms with Crippen molar-refractivity contribution >= 4 is 17.2 Å². The van der Waals surface area contributed by atoms with Crippen molar-refractivity contribution in [1.82, 2.24) is 20.3 Å². The molecule has 3 aromatic rings. The van der Waals surface area contributed by atoms with Gasteiger partial charge in [0.15, 0.2) is 5.82 Å². The van der Waals surface area contributed by atoms with Gasteiger partial charge in [-0.25, -0.2) is 9.97 Å². The van der Waals surface area contributed by atoms with Gasteiger partial charge < -0.3 is 10.6 Å². The van der Waals surface area contributed by atoms with Gasteiger partial charge in [0, 0.05) is 47.4 Å². The average Bonchev–Trinajstić information content (AvgIpc) is 3.15. The molecule has 0 bridgehead atoms. The molecule has 0 amide bonds. The van der Waals surface area contributed by atoms with E-state index in [2.05, 4.69) is 40.1 Å². The van der Waals surface area contributed by atoms with Crippen molar-refractivity contribution in [3.63, 3.8) is 0 Å². The third-order valence-electron chi connectivity index (χ3n) is 4.35. The Morgan fingerprint density at radius 3 is 2.92 bits per heavy atom. The summed E-state index contributed by atoms with van der Waals surface area (Å²) in [6, 6.07) is 8.52. The number of hydrogen-bond acceptors (Lipinski definition) is 6. The maximum Gasteiger partial charge on any atom is 0.161 e. The maximum atomic E-state index is 4.85. The van der Waals surface area contributed by atoms with Crippen LogP contribution in [0.4, 0.5) is 5.82 Å². The predicted octanol–water partition coefficient (Wildman–Crippen LogP) is 3.29. The second-order valence-electron chi connectivity index (χ2n) is 6.31. The van der Waals surface area contributed by atoms with Crippen LogP contribution in [0, 0.1) is 0 Å². The van der Waals surface area contributed by atoms with Crippen LogP contribution in [0.15, 0.2) is 42.0 Å². The number of pyridine rings is 1. The van der Waals surface area contributed by atoms with Crippen LogP contribution >= 0.6 is 11.3 Å². The van der Waals surface area contributed by atoms with Crippen LogP contribution < -0.4 is 10.6 Å². The summed E-state index contributed by atoms with van der Waals surface area (Å²) in [6.07, 6.45) is 5.52. The van der Waals surface area contributed by atoms with Gasteiger partial charge in [-0.3, -0.25) is 4.98 Å². The highest BCUT2D eigenvalue weighted by Gasteiger charge is 2.19. The van der Waals surface area contributed by atoms with Gasteiger partial charge in [0.2, 0.25) is 0 Å². The molecule has 0 aliphatic carbocycles. The molecule has 0 radical (unpaired) electrons. The van der Waals surface area contributed by atoms with E-state index in [0.717, 1.165) is 48.8 Å². The highest BCUT2D eigenvalue weighted by atomic mass is 32.1. The van der Waals surface area contributed by atoms with Crippen LogP contribution in [0.25, 0.3) is 11.4 Å². The molecule has 5 nitrogen and oxygen atoms in total. The lowest BCUT2D eigenvalue weighted by atomic mass is 10.1. The number of thiophene rings is 1. The van der Waals surface area contributed by atoms with Crippen molar-refractivity contribution in [2.45, 2.75) is 32.4 Å². The Kier molecular flexibility index (Phi) is 4.72. The number of rotatable bonds is 5. The van der Waals surface area contributed by atoms with E-state index >= 15 is 0 Å².